The van der Waals surface area contributed by atoms with Crippen LogP contribution >= 0.6 is 11.8 Å². The molecule has 21 heavy (non-hydrogen) atoms. The van der Waals surface area contributed by atoms with Gasteiger partial charge in [0.15, 0.2) is 5.16 Å². The van der Waals surface area contributed by atoms with Crippen molar-refractivity contribution in [2.24, 2.45) is 0 Å². The van der Waals surface area contributed by atoms with Crippen LogP contribution in [0.1, 0.15) is 27.2 Å². The lowest BCUT2D eigenvalue weighted by Gasteiger charge is -2.28. The molecule has 0 spiro atoms. The van der Waals surface area contributed by atoms with Crippen LogP contribution in [0.25, 0.3) is 0 Å². The standard InChI is InChI=1S/C12H26N4O3SSi/c1-5-17-21(18-6-2,19-7-3)10-8-9-16-12(20-4)14-11(13)15-16/h5-10H2,1-4H3,(H2,13,15). The van der Waals surface area contributed by atoms with Crippen molar-refractivity contribution in [3.8, 4) is 0 Å². The molecule has 1 aromatic rings. The summed E-state index contributed by atoms with van der Waals surface area (Å²) in [6, 6.07) is 0.760. The lowest BCUT2D eigenvalue weighted by molar-refractivity contribution is 0.0704. The fraction of sp³-hybridized carbons (Fsp3) is 0.833. The predicted molar refractivity (Wildman–Crippen MR) is 86.3 cm³/mol. The second kappa shape index (κ2) is 9.41. The Balaban J connectivity index is 2.63. The van der Waals surface area contributed by atoms with E-state index in [1.165, 1.54) is 11.8 Å². The molecule has 0 radical (unpaired) electrons. The third-order valence-electron chi connectivity index (χ3n) is 2.78. The van der Waals surface area contributed by atoms with E-state index in [0.717, 1.165) is 24.2 Å². The highest BCUT2D eigenvalue weighted by Crippen LogP contribution is 2.20. The minimum Gasteiger partial charge on any atom is -0.374 e. The Labute approximate surface area is 131 Å². The van der Waals surface area contributed by atoms with Crippen LogP contribution in [0.4, 0.5) is 5.95 Å². The summed E-state index contributed by atoms with van der Waals surface area (Å²) >= 11 is 1.53. The third-order valence-corrected chi connectivity index (χ3v) is 6.60. The maximum absolute atomic E-state index is 5.83. The van der Waals surface area contributed by atoms with Gasteiger partial charge in [-0.05, 0) is 33.4 Å². The summed E-state index contributed by atoms with van der Waals surface area (Å²) in [5.74, 6) is 0.308. The molecule has 0 fully saturated rings. The van der Waals surface area contributed by atoms with Gasteiger partial charge in [-0.3, -0.25) is 0 Å². The zero-order valence-corrected chi connectivity index (χ0v) is 15.1. The van der Waals surface area contributed by atoms with E-state index >= 15 is 0 Å². The molecule has 0 aliphatic heterocycles. The van der Waals surface area contributed by atoms with Gasteiger partial charge < -0.3 is 19.0 Å². The SMILES string of the molecule is CCO[Si](CCCn1nc(N)nc1SC)(OCC)OCC. The highest BCUT2D eigenvalue weighted by molar-refractivity contribution is 7.98. The number of anilines is 1. The Hall–Kier alpha value is -0.613. The number of aromatic nitrogens is 3. The lowest BCUT2D eigenvalue weighted by Crippen LogP contribution is -2.46. The molecule has 7 nitrogen and oxygen atoms in total. The summed E-state index contributed by atoms with van der Waals surface area (Å²) in [5.41, 5.74) is 5.63. The Morgan fingerprint density at radius 3 is 2.19 bits per heavy atom. The highest BCUT2D eigenvalue weighted by Gasteiger charge is 2.39. The molecule has 0 unspecified atom stereocenters. The average Bonchev–Trinajstić information content (AvgIpc) is 2.80. The summed E-state index contributed by atoms with van der Waals surface area (Å²) in [5, 5.41) is 5.02. The van der Waals surface area contributed by atoms with Gasteiger partial charge in [-0.1, -0.05) is 11.8 Å². The fourth-order valence-corrected chi connectivity index (χ4v) is 5.21. The van der Waals surface area contributed by atoms with Crippen molar-refractivity contribution in [3.63, 3.8) is 0 Å². The van der Waals surface area contributed by atoms with Gasteiger partial charge in [0.05, 0.1) is 0 Å². The molecule has 0 aliphatic rings. The molecule has 0 atom stereocenters. The molecule has 0 bridgehead atoms. The van der Waals surface area contributed by atoms with Gasteiger partial charge in [0.25, 0.3) is 0 Å². The summed E-state index contributed by atoms with van der Waals surface area (Å²) in [6.07, 6.45) is 2.81. The quantitative estimate of drug-likeness (QED) is 0.489. The van der Waals surface area contributed by atoms with Crippen LogP contribution < -0.4 is 5.73 Å². The Bertz CT molecular complexity index is 402. The predicted octanol–water partition coefficient (Wildman–Crippen LogP) is 2.02. The van der Waals surface area contributed by atoms with Gasteiger partial charge in [-0.25, -0.2) is 4.68 Å². The maximum atomic E-state index is 5.83. The molecule has 0 amide bonds. The largest absolute Gasteiger partial charge is 0.500 e. The van der Waals surface area contributed by atoms with E-state index in [0.29, 0.717) is 25.8 Å². The molecule has 1 aromatic heterocycles. The average molecular weight is 335 g/mol. The highest BCUT2D eigenvalue weighted by atomic mass is 32.2. The second-order valence-electron chi connectivity index (χ2n) is 4.27. The molecule has 9 heteroatoms. The van der Waals surface area contributed by atoms with Gasteiger partial charge in [0.2, 0.25) is 5.95 Å². The molecule has 1 heterocycles. The number of hydrogen-bond donors (Lipinski definition) is 1. The van der Waals surface area contributed by atoms with Crippen LogP contribution in [-0.4, -0.2) is 49.6 Å². The molecule has 122 valence electrons. The molecule has 0 saturated carbocycles. The Kier molecular flexibility index (Phi) is 8.26. The first kappa shape index (κ1) is 18.4. The second-order valence-corrected chi connectivity index (χ2v) is 7.77. The van der Waals surface area contributed by atoms with E-state index in [1.807, 2.05) is 31.7 Å². The molecule has 0 aliphatic carbocycles. The van der Waals surface area contributed by atoms with Crippen LogP contribution in [0, 0.1) is 0 Å². The summed E-state index contributed by atoms with van der Waals surface area (Å²) in [7, 11) is -2.57. The molecular formula is C12H26N4O3SSi. The van der Waals surface area contributed by atoms with Crippen molar-refractivity contribution < 1.29 is 13.3 Å². The summed E-state index contributed by atoms with van der Waals surface area (Å²) in [4.78, 5) is 4.16. The third kappa shape index (κ3) is 5.59. The van der Waals surface area contributed by atoms with Crippen LogP contribution in [0.15, 0.2) is 5.16 Å². The van der Waals surface area contributed by atoms with E-state index in [9.17, 15) is 0 Å². The molecule has 0 saturated heterocycles. The van der Waals surface area contributed by atoms with Gasteiger partial charge in [0, 0.05) is 32.4 Å². The minimum absolute atomic E-state index is 0.308. The fourth-order valence-electron chi connectivity index (χ4n) is 2.09. The first-order valence-electron chi connectivity index (χ1n) is 7.26. The van der Waals surface area contributed by atoms with Crippen LogP contribution in [0.5, 0.6) is 0 Å². The van der Waals surface area contributed by atoms with Crippen LogP contribution in [-0.2, 0) is 19.8 Å². The number of thioether (sulfide) groups is 1. The van der Waals surface area contributed by atoms with Crippen molar-refractivity contribution in [2.75, 3.05) is 31.8 Å². The monoisotopic (exact) mass is 334 g/mol. The number of hydrogen-bond acceptors (Lipinski definition) is 7. The number of nitrogens with zero attached hydrogens (tertiary/aromatic N) is 3. The van der Waals surface area contributed by atoms with E-state index < -0.39 is 8.80 Å². The van der Waals surface area contributed by atoms with Gasteiger partial charge in [0.1, 0.15) is 0 Å². The lowest BCUT2D eigenvalue weighted by atomic mass is 10.5. The summed E-state index contributed by atoms with van der Waals surface area (Å²) in [6.45, 7) is 8.40. The van der Waals surface area contributed by atoms with Crippen molar-refractivity contribution in [3.05, 3.63) is 0 Å². The minimum atomic E-state index is -2.57. The number of nitrogens with two attached hydrogens (primary N) is 1. The van der Waals surface area contributed by atoms with E-state index in [2.05, 4.69) is 10.1 Å². The van der Waals surface area contributed by atoms with Crippen LogP contribution in [0.3, 0.4) is 0 Å². The van der Waals surface area contributed by atoms with E-state index in [-0.39, 0.29) is 0 Å². The van der Waals surface area contributed by atoms with Gasteiger partial charge >= 0.3 is 8.80 Å². The molecule has 0 aromatic carbocycles. The zero-order chi connectivity index (χ0) is 15.7. The zero-order valence-electron chi connectivity index (χ0n) is 13.3. The van der Waals surface area contributed by atoms with Crippen molar-refractivity contribution in [1.82, 2.24) is 14.8 Å². The molecular weight excluding hydrogens is 308 g/mol. The normalized spacial score (nSPS) is 12.0. The van der Waals surface area contributed by atoms with Crippen molar-refractivity contribution >= 4 is 26.5 Å². The van der Waals surface area contributed by atoms with Crippen molar-refractivity contribution in [1.29, 1.82) is 0 Å². The summed E-state index contributed by atoms with van der Waals surface area (Å²) < 4.78 is 19.3. The molecule has 2 N–H and O–H groups in total. The molecule has 1 rings (SSSR count). The maximum Gasteiger partial charge on any atom is 0.500 e. The Morgan fingerprint density at radius 2 is 1.71 bits per heavy atom. The number of nitrogen functional groups attached to an aromatic ring is 1. The number of rotatable bonds is 11. The number of aryl methyl sites for hydroxylation is 1. The first-order chi connectivity index (χ1) is 10.1. The smallest absolute Gasteiger partial charge is 0.374 e. The van der Waals surface area contributed by atoms with Gasteiger partial charge in [-0.15, -0.1) is 5.10 Å². The van der Waals surface area contributed by atoms with Gasteiger partial charge in [-0.2, -0.15) is 4.98 Å². The van der Waals surface area contributed by atoms with Crippen LogP contribution in [0.2, 0.25) is 6.04 Å². The van der Waals surface area contributed by atoms with Crippen molar-refractivity contribution in [2.45, 2.75) is 44.9 Å². The first-order valence-corrected chi connectivity index (χ1v) is 10.4. The van der Waals surface area contributed by atoms with E-state index in [4.69, 9.17) is 19.0 Å². The topological polar surface area (TPSA) is 84.4 Å². The van der Waals surface area contributed by atoms with E-state index in [1.54, 1.807) is 0 Å². The Morgan fingerprint density at radius 1 is 1.14 bits per heavy atom.